The second-order valence-corrected chi connectivity index (χ2v) is 9.40. The maximum Gasteiger partial charge on any atom is 0.258 e. The van der Waals surface area contributed by atoms with E-state index >= 15 is 0 Å². The number of imidazole rings is 1. The Morgan fingerprint density at radius 2 is 1.72 bits per heavy atom. The summed E-state index contributed by atoms with van der Waals surface area (Å²) >= 11 is 0. The van der Waals surface area contributed by atoms with Crippen LogP contribution in [0.3, 0.4) is 0 Å². The van der Waals surface area contributed by atoms with Gasteiger partial charge in [0.15, 0.2) is 0 Å². The van der Waals surface area contributed by atoms with Crippen molar-refractivity contribution < 1.29 is 4.79 Å². The molecule has 4 aromatic rings. The Morgan fingerprint density at radius 1 is 0.944 bits per heavy atom. The van der Waals surface area contributed by atoms with Crippen LogP contribution in [0.15, 0.2) is 85.3 Å². The molecule has 1 fully saturated rings. The molecule has 0 bridgehead atoms. The molecule has 0 atom stereocenters. The van der Waals surface area contributed by atoms with E-state index in [2.05, 4.69) is 49.8 Å². The van der Waals surface area contributed by atoms with Gasteiger partial charge in [-0.25, -0.2) is 4.98 Å². The first kappa shape index (κ1) is 22.3. The van der Waals surface area contributed by atoms with Crippen molar-refractivity contribution >= 4 is 28.6 Å². The zero-order valence-corrected chi connectivity index (χ0v) is 20.1. The Kier molecular flexibility index (Phi) is 6.10. The molecule has 3 aromatic carbocycles. The lowest BCUT2D eigenvalue weighted by Crippen LogP contribution is -2.21. The Balaban J connectivity index is 1.32. The molecular weight excluding hydrogens is 446 g/mol. The van der Waals surface area contributed by atoms with Crippen molar-refractivity contribution in [2.24, 2.45) is 0 Å². The first-order chi connectivity index (χ1) is 17.7. The van der Waals surface area contributed by atoms with Crippen LogP contribution in [0.1, 0.15) is 29.5 Å². The number of carbonyl (C=O) groups excluding carboxylic acids is 1. The average Bonchev–Trinajstić information content (AvgIpc) is 3.69. The number of fused-ring (bicyclic) bond motifs is 1. The summed E-state index contributed by atoms with van der Waals surface area (Å²) < 4.78 is 0. The van der Waals surface area contributed by atoms with E-state index in [9.17, 15) is 4.79 Å². The maximum atomic E-state index is 13.1. The number of hydrogen-bond acceptors (Lipinski definition) is 4. The molecule has 6 nitrogen and oxygen atoms in total. The number of benzene rings is 3. The quantitative estimate of drug-likeness (QED) is 0.302. The number of H-pyrrole nitrogens is 1. The minimum absolute atomic E-state index is 0.0926. The van der Waals surface area contributed by atoms with Crippen molar-refractivity contribution in [3.05, 3.63) is 102 Å². The predicted octanol–water partition coefficient (Wildman–Crippen LogP) is 5.65. The third kappa shape index (κ3) is 4.55. The number of carbonyl (C=O) groups is 1. The Morgan fingerprint density at radius 3 is 2.47 bits per heavy atom. The second kappa shape index (κ2) is 9.84. The van der Waals surface area contributed by atoms with E-state index in [0.717, 1.165) is 52.4 Å². The highest BCUT2D eigenvalue weighted by molar-refractivity contribution is 6.37. The van der Waals surface area contributed by atoms with E-state index < -0.39 is 0 Å². The highest BCUT2D eigenvalue weighted by atomic mass is 16.2. The van der Waals surface area contributed by atoms with E-state index in [4.69, 9.17) is 0 Å². The summed E-state index contributed by atoms with van der Waals surface area (Å²) in [4.78, 5) is 23.0. The normalized spacial score (nSPS) is 16.6. The van der Waals surface area contributed by atoms with Crippen LogP contribution in [0.5, 0.6) is 0 Å². The molecule has 180 valence electrons. The number of nitrogens with zero attached hydrogens (tertiary/aromatic N) is 2. The number of aromatic nitrogens is 2. The zero-order valence-electron chi connectivity index (χ0n) is 20.1. The van der Waals surface area contributed by atoms with Crippen molar-refractivity contribution in [1.82, 2.24) is 14.9 Å². The van der Waals surface area contributed by atoms with Crippen LogP contribution in [-0.4, -0.2) is 40.4 Å². The second-order valence-electron chi connectivity index (χ2n) is 9.40. The molecule has 0 spiro atoms. The van der Waals surface area contributed by atoms with Crippen molar-refractivity contribution in [3.8, 4) is 11.3 Å². The number of amides is 1. The molecule has 36 heavy (non-hydrogen) atoms. The van der Waals surface area contributed by atoms with Crippen molar-refractivity contribution in [2.45, 2.75) is 19.3 Å². The van der Waals surface area contributed by atoms with Gasteiger partial charge in [-0.3, -0.25) is 4.79 Å². The summed E-state index contributed by atoms with van der Waals surface area (Å²) in [5, 5.41) is 6.58. The molecular formula is C30H29N5O. The van der Waals surface area contributed by atoms with Crippen LogP contribution in [-0.2, 0) is 11.2 Å². The Bertz CT molecular complexity index is 1380. The van der Waals surface area contributed by atoms with Gasteiger partial charge in [0.25, 0.3) is 5.91 Å². The summed E-state index contributed by atoms with van der Waals surface area (Å²) in [6.45, 7) is 3.53. The number of anilines is 2. The number of rotatable bonds is 7. The van der Waals surface area contributed by atoms with E-state index in [1.165, 1.54) is 31.5 Å². The molecule has 0 aliphatic carbocycles. The molecule has 1 aromatic heterocycles. The summed E-state index contributed by atoms with van der Waals surface area (Å²) in [6.07, 6.45) is 7.22. The molecule has 3 N–H and O–H groups in total. The largest absolute Gasteiger partial charge is 0.354 e. The SMILES string of the molecule is O=C1Nc2ccccc2C1=C(Nc1ccc(-c2c[nH]cn2)cc1)c1ccc(CCN2CCCC2)cc1. The molecule has 3 heterocycles. The lowest BCUT2D eigenvalue weighted by atomic mass is 9.98. The van der Waals surface area contributed by atoms with Gasteiger partial charge in [-0.2, -0.15) is 0 Å². The van der Waals surface area contributed by atoms with Gasteiger partial charge in [0.1, 0.15) is 0 Å². The van der Waals surface area contributed by atoms with Crippen LogP contribution in [0.4, 0.5) is 11.4 Å². The van der Waals surface area contributed by atoms with Crippen LogP contribution >= 0.6 is 0 Å². The highest BCUT2D eigenvalue weighted by Gasteiger charge is 2.28. The molecule has 6 heteroatoms. The topological polar surface area (TPSA) is 73.0 Å². The number of aromatic amines is 1. The average molecular weight is 476 g/mol. The lowest BCUT2D eigenvalue weighted by Gasteiger charge is -2.17. The fourth-order valence-electron chi connectivity index (χ4n) is 5.06. The van der Waals surface area contributed by atoms with Gasteiger partial charge in [0.2, 0.25) is 0 Å². The smallest absolute Gasteiger partial charge is 0.258 e. The van der Waals surface area contributed by atoms with E-state index in [0.29, 0.717) is 5.57 Å². The molecule has 1 saturated heterocycles. The summed E-state index contributed by atoms with van der Waals surface area (Å²) in [6, 6.07) is 24.6. The fourth-order valence-corrected chi connectivity index (χ4v) is 5.06. The van der Waals surface area contributed by atoms with Gasteiger partial charge in [0.05, 0.1) is 23.3 Å². The van der Waals surface area contributed by atoms with Gasteiger partial charge in [-0.05, 0) is 61.7 Å². The van der Waals surface area contributed by atoms with E-state index in [1.54, 1.807) is 6.33 Å². The third-order valence-electron chi connectivity index (χ3n) is 7.03. The minimum atomic E-state index is -0.0926. The summed E-state index contributed by atoms with van der Waals surface area (Å²) in [5.74, 6) is -0.0926. The highest BCUT2D eigenvalue weighted by Crippen LogP contribution is 2.37. The standard InChI is InChI=1S/C30H29N5O/c36-30-28(25-5-1-2-6-26(25)34-30)29(33-24-13-11-22(12-14-24)27-19-31-20-32-27)23-9-7-21(8-10-23)15-18-35-16-3-4-17-35/h1-2,5-14,19-20,33H,3-4,15-18H2,(H,31,32)(H,34,36). The molecule has 0 radical (unpaired) electrons. The maximum absolute atomic E-state index is 13.1. The molecule has 2 aliphatic heterocycles. The van der Waals surface area contributed by atoms with Gasteiger partial charge in [-0.15, -0.1) is 0 Å². The molecule has 0 saturated carbocycles. The van der Waals surface area contributed by atoms with E-state index in [-0.39, 0.29) is 5.91 Å². The van der Waals surface area contributed by atoms with Gasteiger partial charge < -0.3 is 20.5 Å². The number of likely N-dealkylation sites (tertiary alicyclic amines) is 1. The fraction of sp³-hybridized carbons (Fsp3) is 0.200. The Hall–Kier alpha value is -4.16. The van der Waals surface area contributed by atoms with Crippen LogP contribution in [0.25, 0.3) is 22.5 Å². The van der Waals surface area contributed by atoms with Crippen molar-refractivity contribution in [3.63, 3.8) is 0 Å². The molecule has 6 rings (SSSR count). The zero-order chi connectivity index (χ0) is 24.3. The number of nitrogens with one attached hydrogen (secondary N) is 3. The van der Waals surface area contributed by atoms with Crippen molar-refractivity contribution in [2.75, 3.05) is 30.3 Å². The van der Waals surface area contributed by atoms with Crippen molar-refractivity contribution in [1.29, 1.82) is 0 Å². The lowest BCUT2D eigenvalue weighted by molar-refractivity contribution is -0.110. The summed E-state index contributed by atoms with van der Waals surface area (Å²) in [7, 11) is 0. The summed E-state index contributed by atoms with van der Waals surface area (Å²) in [5.41, 5.74) is 8.35. The first-order valence-corrected chi connectivity index (χ1v) is 12.6. The van der Waals surface area contributed by atoms with Gasteiger partial charge in [-0.1, -0.05) is 54.6 Å². The molecule has 2 aliphatic rings. The monoisotopic (exact) mass is 475 g/mol. The van der Waals surface area contributed by atoms with Crippen LogP contribution in [0.2, 0.25) is 0 Å². The van der Waals surface area contributed by atoms with Gasteiger partial charge in [0, 0.05) is 35.2 Å². The number of hydrogen-bond donors (Lipinski definition) is 3. The van der Waals surface area contributed by atoms with Crippen LogP contribution in [0, 0.1) is 0 Å². The van der Waals surface area contributed by atoms with E-state index in [1.807, 2.05) is 54.7 Å². The van der Waals surface area contributed by atoms with Crippen LogP contribution < -0.4 is 10.6 Å². The third-order valence-corrected chi connectivity index (χ3v) is 7.03. The van der Waals surface area contributed by atoms with Gasteiger partial charge >= 0.3 is 0 Å². The molecule has 0 unspecified atom stereocenters. The Labute approximate surface area is 211 Å². The number of para-hydroxylation sites is 1. The predicted molar refractivity (Wildman–Crippen MR) is 145 cm³/mol. The first-order valence-electron chi connectivity index (χ1n) is 12.6. The molecule has 1 amide bonds. The minimum Gasteiger partial charge on any atom is -0.354 e.